The number of nitrogens with one attached hydrogen (secondary N) is 2. The standard InChI is InChI=1S/C23H28N4O2/c1-13-6-14(2)25-22(24-13)26-19-5-3-4-16(9-19)21(28)27-20-17-7-15-8-18(20)12-23(29,10-15)11-17/h3-6,9,15,17-18,20,29H,7-8,10-12H2,1-2H3,(H,27,28)(H,24,25,26). The summed E-state index contributed by atoms with van der Waals surface area (Å²) in [6, 6.07) is 9.58. The predicted octanol–water partition coefficient (Wildman–Crippen LogP) is 3.51. The van der Waals surface area contributed by atoms with Crippen molar-refractivity contribution in [2.75, 3.05) is 5.32 Å². The van der Waals surface area contributed by atoms with E-state index >= 15 is 0 Å². The van der Waals surface area contributed by atoms with Crippen LogP contribution >= 0.6 is 0 Å². The molecule has 2 atom stereocenters. The normalized spacial score (nSPS) is 32.2. The minimum atomic E-state index is -0.479. The molecule has 152 valence electrons. The number of aliphatic hydroxyl groups is 1. The second-order valence-electron chi connectivity index (χ2n) is 9.37. The lowest BCUT2D eigenvalue weighted by molar-refractivity contribution is -0.136. The quantitative estimate of drug-likeness (QED) is 0.741. The zero-order valence-corrected chi connectivity index (χ0v) is 17.0. The van der Waals surface area contributed by atoms with Crippen molar-refractivity contribution in [2.24, 2.45) is 17.8 Å². The molecule has 1 aromatic heterocycles. The smallest absolute Gasteiger partial charge is 0.251 e. The Balaban J connectivity index is 1.30. The zero-order chi connectivity index (χ0) is 20.2. The van der Waals surface area contributed by atoms with Crippen LogP contribution in [0.25, 0.3) is 0 Å². The van der Waals surface area contributed by atoms with Crippen LogP contribution in [0.3, 0.4) is 0 Å². The van der Waals surface area contributed by atoms with Crippen molar-refractivity contribution in [3.63, 3.8) is 0 Å². The minimum Gasteiger partial charge on any atom is -0.390 e. The first-order chi connectivity index (χ1) is 13.9. The second kappa shape index (κ2) is 6.80. The first-order valence-corrected chi connectivity index (χ1v) is 10.6. The molecule has 0 aliphatic heterocycles. The Morgan fingerprint density at radius 1 is 1.07 bits per heavy atom. The number of nitrogens with zero attached hydrogens (tertiary/aromatic N) is 2. The third kappa shape index (κ3) is 3.62. The number of carbonyl (C=O) groups is 1. The van der Waals surface area contributed by atoms with E-state index in [1.54, 1.807) is 0 Å². The van der Waals surface area contributed by atoms with Crippen LogP contribution in [0.1, 0.15) is 53.8 Å². The van der Waals surface area contributed by atoms with Gasteiger partial charge in [-0.05, 0) is 88.0 Å². The number of aromatic nitrogens is 2. The zero-order valence-electron chi connectivity index (χ0n) is 17.0. The van der Waals surface area contributed by atoms with Gasteiger partial charge in [-0.2, -0.15) is 0 Å². The Morgan fingerprint density at radius 3 is 2.41 bits per heavy atom. The number of aryl methyl sites for hydroxylation is 2. The molecule has 29 heavy (non-hydrogen) atoms. The molecule has 3 N–H and O–H groups in total. The molecule has 6 rings (SSSR count). The van der Waals surface area contributed by atoms with Crippen molar-refractivity contribution < 1.29 is 9.90 Å². The maximum Gasteiger partial charge on any atom is 0.251 e. The van der Waals surface area contributed by atoms with E-state index in [2.05, 4.69) is 20.6 Å². The molecule has 1 amide bonds. The fourth-order valence-corrected chi connectivity index (χ4v) is 6.10. The van der Waals surface area contributed by atoms with Crippen LogP contribution in [-0.4, -0.2) is 32.6 Å². The van der Waals surface area contributed by atoms with Gasteiger partial charge in [0.15, 0.2) is 0 Å². The Hall–Kier alpha value is -2.47. The third-order valence-electron chi connectivity index (χ3n) is 6.90. The summed E-state index contributed by atoms with van der Waals surface area (Å²) in [5.74, 6) is 1.94. The van der Waals surface area contributed by atoms with Crippen LogP contribution in [0.15, 0.2) is 30.3 Å². The van der Waals surface area contributed by atoms with E-state index in [-0.39, 0.29) is 11.9 Å². The number of hydrogen-bond donors (Lipinski definition) is 3. The van der Waals surface area contributed by atoms with Crippen LogP contribution in [-0.2, 0) is 0 Å². The van der Waals surface area contributed by atoms with E-state index < -0.39 is 5.60 Å². The summed E-state index contributed by atoms with van der Waals surface area (Å²) < 4.78 is 0. The van der Waals surface area contributed by atoms with Crippen LogP contribution in [0.4, 0.5) is 11.6 Å². The summed E-state index contributed by atoms with van der Waals surface area (Å²) in [4.78, 5) is 21.8. The Kier molecular flexibility index (Phi) is 4.35. The maximum atomic E-state index is 13.0. The highest BCUT2D eigenvalue weighted by atomic mass is 16.3. The lowest BCUT2D eigenvalue weighted by Crippen LogP contribution is -2.61. The number of carbonyl (C=O) groups excluding carboxylic acids is 1. The summed E-state index contributed by atoms with van der Waals surface area (Å²) in [7, 11) is 0. The predicted molar refractivity (Wildman–Crippen MR) is 111 cm³/mol. The molecule has 1 heterocycles. The minimum absolute atomic E-state index is 0.0422. The van der Waals surface area contributed by atoms with Crippen LogP contribution in [0, 0.1) is 31.6 Å². The SMILES string of the molecule is Cc1cc(C)nc(Nc2cccc(C(=O)NC3C4CC5CC3CC(O)(C5)C4)c2)n1. The van der Waals surface area contributed by atoms with Gasteiger partial charge >= 0.3 is 0 Å². The average Bonchev–Trinajstić information content (AvgIpc) is 2.62. The summed E-state index contributed by atoms with van der Waals surface area (Å²) in [6.07, 6.45) is 4.88. The molecule has 4 fully saturated rings. The number of anilines is 2. The Labute approximate surface area is 171 Å². The Morgan fingerprint density at radius 2 is 1.76 bits per heavy atom. The molecule has 1 aromatic carbocycles. The maximum absolute atomic E-state index is 13.0. The van der Waals surface area contributed by atoms with Gasteiger partial charge in [-0.15, -0.1) is 0 Å². The van der Waals surface area contributed by atoms with Gasteiger partial charge in [0.25, 0.3) is 5.91 Å². The molecule has 6 heteroatoms. The molecular formula is C23H28N4O2. The van der Waals surface area contributed by atoms with Crippen LogP contribution < -0.4 is 10.6 Å². The molecule has 6 nitrogen and oxygen atoms in total. The molecule has 0 radical (unpaired) electrons. The fourth-order valence-electron chi connectivity index (χ4n) is 6.10. The van der Waals surface area contributed by atoms with Crippen molar-refractivity contribution in [1.82, 2.24) is 15.3 Å². The molecule has 2 aromatic rings. The van der Waals surface area contributed by atoms with E-state index in [0.717, 1.165) is 49.2 Å². The van der Waals surface area contributed by atoms with Gasteiger partial charge in [-0.3, -0.25) is 4.79 Å². The lowest BCUT2D eigenvalue weighted by Gasteiger charge is -2.58. The molecule has 0 saturated heterocycles. The lowest BCUT2D eigenvalue weighted by atomic mass is 9.52. The second-order valence-corrected chi connectivity index (χ2v) is 9.37. The van der Waals surface area contributed by atoms with Crippen LogP contribution in [0.2, 0.25) is 0 Å². The largest absolute Gasteiger partial charge is 0.390 e. The van der Waals surface area contributed by atoms with E-state index in [9.17, 15) is 9.90 Å². The van der Waals surface area contributed by atoms with Gasteiger partial charge in [0.2, 0.25) is 5.95 Å². The topological polar surface area (TPSA) is 87.1 Å². The van der Waals surface area contributed by atoms with Crippen molar-refractivity contribution in [3.8, 4) is 0 Å². The van der Waals surface area contributed by atoms with Gasteiger partial charge in [0.1, 0.15) is 0 Å². The number of benzene rings is 1. The summed E-state index contributed by atoms with van der Waals surface area (Å²) >= 11 is 0. The van der Waals surface area contributed by atoms with Gasteiger partial charge in [0.05, 0.1) is 5.60 Å². The molecule has 2 unspecified atom stereocenters. The van der Waals surface area contributed by atoms with Gasteiger partial charge in [-0.1, -0.05) is 6.07 Å². The number of rotatable bonds is 4. The first-order valence-electron chi connectivity index (χ1n) is 10.6. The molecule has 4 saturated carbocycles. The van der Waals surface area contributed by atoms with Gasteiger partial charge < -0.3 is 15.7 Å². The highest BCUT2D eigenvalue weighted by Gasteiger charge is 2.55. The highest BCUT2D eigenvalue weighted by Crippen LogP contribution is 2.55. The van der Waals surface area contributed by atoms with Gasteiger partial charge in [-0.25, -0.2) is 9.97 Å². The summed E-state index contributed by atoms with van der Waals surface area (Å²) in [6.45, 7) is 3.87. The number of hydrogen-bond acceptors (Lipinski definition) is 5. The van der Waals surface area contributed by atoms with E-state index in [1.165, 1.54) is 0 Å². The molecule has 4 aliphatic rings. The molecule has 4 bridgehead atoms. The van der Waals surface area contributed by atoms with Crippen molar-refractivity contribution >= 4 is 17.5 Å². The monoisotopic (exact) mass is 392 g/mol. The van der Waals surface area contributed by atoms with E-state index in [1.807, 2.05) is 44.2 Å². The van der Waals surface area contributed by atoms with Crippen molar-refractivity contribution in [1.29, 1.82) is 0 Å². The fraction of sp³-hybridized carbons (Fsp3) is 0.522. The molecule has 4 aliphatic carbocycles. The van der Waals surface area contributed by atoms with E-state index in [0.29, 0.717) is 29.3 Å². The van der Waals surface area contributed by atoms with Crippen molar-refractivity contribution in [2.45, 2.75) is 57.6 Å². The van der Waals surface area contributed by atoms with Gasteiger partial charge in [0, 0.05) is 28.7 Å². The van der Waals surface area contributed by atoms with E-state index in [4.69, 9.17) is 0 Å². The third-order valence-corrected chi connectivity index (χ3v) is 6.90. The molecular weight excluding hydrogens is 364 g/mol. The average molecular weight is 393 g/mol. The summed E-state index contributed by atoms with van der Waals surface area (Å²) in [5, 5.41) is 17.3. The Bertz CT molecular complexity index is 923. The van der Waals surface area contributed by atoms with Crippen molar-refractivity contribution in [3.05, 3.63) is 47.3 Å². The van der Waals surface area contributed by atoms with Crippen LogP contribution in [0.5, 0.6) is 0 Å². The number of amides is 1. The highest BCUT2D eigenvalue weighted by molar-refractivity contribution is 5.95. The first kappa shape index (κ1) is 18.6. The summed E-state index contributed by atoms with van der Waals surface area (Å²) in [5.41, 5.74) is 2.75. The molecule has 0 spiro atoms.